The van der Waals surface area contributed by atoms with E-state index in [4.69, 9.17) is 15.0 Å². The van der Waals surface area contributed by atoms with E-state index >= 15 is 0 Å². The fraction of sp³-hybridized carbons (Fsp3) is 0.429. The van der Waals surface area contributed by atoms with Gasteiger partial charge in [-0.2, -0.15) is 18.2 Å². The number of nitrogens with two attached hydrogens (primary N) is 1. The van der Waals surface area contributed by atoms with Crippen molar-refractivity contribution in [2.24, 2.45) is 5.73 Å². The van der Waals surface area contributed by atoms with E-state index in [1.807, 2.05) is 0 Å². The molecule has 9 heteroatoms. The third-order valence-electron chi connectivity index (χ3n) is 3.73. The number of hydrogen-bond acceptors (Lipinski definition) is 5. The summed E-state index contributed by atoms with van der Waals surface area (Å²) in [4.78, 5) is 4.20. The zero-order valence-electron chi connectivity index (χ0n) is 11.9. The van der Waals surface area contributed by atoms with Crippen LogP contribution in [0.2, 0.25) is 0 Å². The molecular formula is C14H13BrF3N3O2. The Hall–Kier alpha value is -1.45. The lowest BCUT2D eigenvalue weighted by Gasteiger charge is -2.21. The normalized spacial score (nSPS) is 21.8. The summed E-state index contributed by atoms with van der Waals surface area (Å²) in [6.45, 7) is 0.699. The van der Waals surface area contributed by atoms with Gasteiger partial charge in [0, 0.05) is 23.2 Å². The van der Waals surface area contributed by atoms with Crippen molar-refractivity contribution in [3.63, 3.8) is 0 Å². The third-order valence-corrected chi connectivity index (χ3v) is 4.19. The van der Waals surface area contributed by atoms with Crippen molar-refractivity contribution < 1.29 is 22.4 Å². The number of halogens is 4. The van der Waals surface area contributed by atoms with Crippen LogP contribution >= 0.6 is 15.9 Å². The highest BCUT2D eigenvalue weighted by atomic mass is 79.9. The molecule has 2 heterocycles. The van der Waals surface area contributed by atoms with Gasteiger partial charge in [0.15, 0.2) is 5.60 Å². The maximum Gasteiger partial charge on any atom is 0.416 e. The summed E-state index contributed by atoms with van der Waals surface area (Å²) in [5, 5.41) is 3.78. The first-order chi connectivity index (χ1) is 10.8. The molecule has 1 fully saturated rings. The van der Waals surface area contributed by atoms with Crippen molar-refractivity contribution in [3.8, 4) is 11.4 Å². The topological polar surface area (TPSA) is 74.2 Å². The fourth-order valence-electron chi connectivity index (χ4n) is 2.52. The van der Waals surface area contributed by atoms with Crippen molar-refractivity contribution in [2.75, 3.05) is 13.2 Å². The summed E-state index contributed by atoms with van der Waals surface area (Å²) in [5.74, 6) is 0.260. The molecule has 1 atom stereocenters. The van der Waals surface area contributed by atoms with Gasteiger partial charge in [-0.1, -0.05) is 21.1 Å². The van der Waals surface area contributed by atoms with Crippen LogP contribution in [-0.2, 0) is 16.5 Å². The van der Waals surface area contributed by atoms with Crippen molar-refractivity contribution >= 4 is 15.9 Å². The predicted molar refractivity (Wildman–Crippen MR) is 78.4 cm³/mol. The van der Waals surface area contributed by atoms with Crippen LogP contribution in [0.4, 0.5) is 13.2 Å². The molecule has 1 aliphatic heterocycles. The average molecular weight is 392 g/mol. The van der Waals surface area contributed by atoms with Crippen LogP contribution in [0.15, 0.2) is 27.2 Å². The maximum atomic E-state index is 12.9. The zero-order chi connectivity index (χ0) is 16.7. The van der Waals surface area contributed by atoms with E-state index < -0.39 is 17.3 Å². The first-order valence-electron chi connectivity index (χ1n) is 6.90. The molecule has 1 unspecified atom stereocenters. The lowest BCUT2D eigenvalue weighted by Crippen LogP contribution is -2.34. The zero-order valence-corrected chi connectivity index (χ0v) is 13.4. The Morgan fingerprint density at radius 1 is 1.30 bits per heavy atom. The van der Waals surface area contributed by atoms with Gasteiger partial charge in [0.2, 0.25) is 5.82 Å². The van der Waals surface area contributed by atoms with Gasteiger partial charge in [-0.3, -0.25) is 0 Å². The molecule has 1 aromatic carbocycles. The van der Waals surface area contributed by atoms with E-state index in [2.05, 4.69) is 26.1 Å². The Kier molecular flexibility index (Phi) is 4.19. The van der Waals surface area contributed by atoms with Gasteiger partial charge in [0.25, 0.3) is 5.89 Å². The maximum absolute atomic E-state index is 12.9. The quantitative estimate of drug-likeness (QED) is 0.866. The number of rotatable bonds is 3. The van der Waals surface area contributed by atoms with Crippen LogP contribution in [0.25, 0.3) is 11.4 Å². The van der Waals surface area contributed by atoms with E-state index in [-0.39, 0.29) is 28.3 Å². The summed E-state index contributed by atoms with van der Waals surface area (Å²) >= 11 is 3.07. The van der Waals surface area contributed by atoms with Crippen LogP contribution in [-0.4, -0.2) is 23.3 Å². The smallest absolute Gasteiger partial charge is 0.364 e. The average Bonchev–Trinajstić information content (AvgIpc) is 3.15. The van der Waals surface area contributed by atoms with Crippen LogP contribution in [0.1, 0.15) is 24.3 Å². The molecule has 5 nitrogen and oxygen atoms in total. The van der Waals surface area contributed by atoms with Gasteiger partial charge in [-0.25, -0.2) is 0 Å². The summed E-state index contributed by atoms with van der Waals surface area (Å²) in [5.41, 5.74) is 4.31. The summed E-state index contributed by atoms with van der Waals surface area (Å²) in [6.07, 6.45) is -3.01. The summed E-state index contributed by atoms with van der Waals surface area (Å²) in [6, 6.07) is 3.46. The van der Waals surface area contributed by atoms with Crippen LogP contribution < -0.4 is 5.73 Å². The van der Waals surface area contributed by atoms with E-state index in [1.165, 1.54) is 6.07 Å². The van der Waals surface area contributed by atoms with Crippen molar-refractivity contribution in [1.29, 1.82) is 0 Å². The Bertz CT molecular complexity index is 712. The highest BCUT2D eigenvalue weighted by Gasteiger charge is 2.41. The number of hydrogen-bond donors (Lipinski definition) is 1. The van der Waals surface area contributed by atoms with E-state index in [1.54, 1.807) is 0 Å². The SMILES string of the molecule is NCC1(c2nc(-c3cc(Br)cc(C(F)(F)F)c3)no2)CCCO1. The number of aromatic nitrogens is 2. The molecular weight excluding hydrogens is 379 g/mol. The molecule has 1 aromatic heterocycles. The minimum atomic E-state index is -4.46. The molecule has 23 heavy (non-hydrogen) atoms. The molecule has 0 amide bonds. The first-order valence-corrected chi connectivity index (χ1v) is 7.70. The highest BCUT2D eigenvalue weighted by Crippen LogP contribution is 2.37. The third kappa shape index (κ3) is 3.13. The Morgan fingerprint density at radius 3 is 2.70 bits per heavy atom. The molecule has 124 valence electrons. The lowest BCUT2D eigenvalue weighted by atomic mass is 10.0. The Balaban J connectivity index is 1.99. The van der Waals surface area contributed by atoms with Crippen molar-refractivity contribution in [2.45, 2.75) is 24.6 Å². The molecule has 0 spiro atoms. The second-order valence-electron chi connectivity index (χ2n) is 5.30. The minimum Gasteiger partial charge on any atom is -0.364 e. The second kappa shape index (κ2) is 5.88. The Morgan fingerprint density at radius 2 is 2.09 bits per heavy atom. The van der Waals surface area contributed by atoms with E-state index in [0.717, 1.165) is 18.6 Å². The van der Waals surface area contributed by atoms with Gasteiger partial charge in [0.05, 0.1) is 5.56 Å². The number of alkyl halides is 3. The molecule has 0 bridgehead atoms. The lowest BCUT2D eigenvalue weighted by molar-refractivity contribution is -0.137. The first kappa shape index (κ1) is 16.4. The molecule has 1 saturated heterocycles. The molecule has 1 aliphatic rings. The molecule has 0 saturated carbocycles. The molecule has 0 radical (unpaired) electrons. The van der Waals surface area contributed by atoms with Gasteiger partial charge >= 0.3 is 6.18 Å². The predicted octanol–water partition coefficient (Wildman–Crippen LogP) is 3.48. The van der Waals surface area contributed by atoms with Crippen LogP contribution in [0.5, 0.6) is 0 Å². The molecule has 2 N–H and O–H groups in total. The summed E-state index contributed by atoms with van der Waals surface area (Å²) in [7, 11) is 0. The number of benzene rings is 1. The van der Waals surface area contributed by atoms with Crippen LogP contribution in [0.3, 0.4) is 0 Å². The highest BCUT2D eigenvalue weighted by molar-refractivity contribution is 9.10. The second-order valence-corrected chi connectivity index (χ2v) is 6.22. The molecule has 2 aromatic rings. The largest absolute Gasteiger partial charge is 0.416 e. The number of nitrogens with zero attached hydrogens (tertiary/aromatic N) is 2. The molecule has 3 rings (SSSR count). The van der Waals surface area contributed by atoms with Crippen molar-refractivity contribution in [3.05, 3.63) is 34.1 Å². The number of ether oxygens (including phenoxy) is 1. The van der Waals surface area contributed by atoms with E-state index in [9.17, 15) is 13.2 Å². The van der Waals surface area contributed by atoms with Crippen molar-refractivity contribution in [1.82, 2.24) is 10.1 Å². The minimum absolute atomic E-state index is 0.0649. The standard InChI is InChI=1S/C14H13BrF3N3O2/c15-10-5-8(4-9(6-10)14(16,17)18)11-20-12(23-21-11)13(7-19)2-1-3-22-13/h4-6H,1-3,7,19H2. The van der Waals surface area contributed by atoms with Gasteiger partial charge in [-0.05, 0) is 31.0 Å². The molecule has 0 aliphatic carbocycles. The van der Waals surface area contributed by atoms with Gasteiger partial charge in [-0.15, -0.1) is 0 Å². The monoisotopic (exact) mass is 391 g/mol. The van der Waals surface area contributed by atoms with Gasteiger partial charge in [0.1, 0.15) is 0 Å². The fourth-order valence-corrected chi connectivity index (χ4v) is 3.02. The van der Waals surface area contributed by atoms with E-state index in [0.29, 0.717) is 13.0 Å². The van der Waals surface area contributed by atoms with Gasteiger partial charge < -0.3 is 15.0 Å². The summed E-state index contributed by atoms with van der Waals surface area (Å²) < 4.78 is 49.8. The Labute approximate surface area is 138 Å². The van der Waals surface area contributed by atoms with Crippen LogP contribution in [0, 0.1) is 0 Å².